The number of fused-ring (bicyclic) bond motifs is 1. The Labute approximate surface area is 180 Å². The average molecular weight is 420 g/mol. The Morgan fingerprint density at radius 1 is 1.13 bits per heavy atom. The lowest BCUT2D eigenvalue weighted by molar-refractivity contribution is -0.147. The first-order chi connectivity index (χ1) is 14.9. The standard InChI is InChI=1S/C24H24N2O5/c1-15(16-5-3-2-4-6-16)26-13-19(12-23(26)29)24(30)31-14-21(27)18-7-9-20-17(11-18)8-10-22(28)25-20/h2-7,9,11,15,19H,8,10,12-14H2,1H3,(H,25,28)/t15-,19-/m1/s1. The molecule has 2 aliphatic heterocycles. The van der Waals surface area contributed by atoms with Crippen molar-refractivity contribution in [3.05, 3.63) is 65.2 Å². The van der Waals surface area contributed by atoms with Gasteiger partial charge in [-0.1, -0.05) is 30.3 Å². The third kappa shape index (κ3) is 4.50. The van der Waals surface area contributed by atoms with Crippen molar-refractivity contribution in [3.63, 3.8) is 0 Å². The van der Waals surface area contributed by atoms with Crippen molar-refractivity contribution < 1.29 is 23.9 Å². The Bertz CT molecular complexity index is 1030. The molecule has 0 spiro atoms. The molecule has 2 aromatic rings. The number of aryl methyl sites for hydroxylation is 1. The number of nitrogens with zero attached hydrogens (tertiary/aromatic N) is 1. The van der Waals surface area contributed by atoms with Gasteiger partial charge in [0.25, 0.3) is 0 Å². The molecule has 7 heteroatoms. The smallest absolute Gasteiger partial charge is 0.311 e. The number of benzene rings is 2. The van der Waals surface area contributed by atoms with Crippen molar-refractivity contribution >= 4 is 29.3 Å². The van der Waals surface area contributed by atoms with E-state index in [1.807, 2.05) is 37.3 Å². The van der Waals surface area contributed by atoms with Crippen molar-refractivity contribution in [1.82, 2.24) is 4.90 Å². The van der Waals surface area contributed by atoms with Gasteiger partial charge in [-0.2, -0.15) is 0 Å². The normalized spacial score (nSPS) is 18.9. The predicted octanol–water partition coefficient (Wildman–Crippen LogP) is 2.91. The van der Waals surface area contributed by atoms with E-state index in [0.29, 0.717) is 24.1 Å². The number of carbonyl (C=O) groups excluding carboxylic acids is 4. The van der Waals surface area contributed by atoms with E-state index in [9.17, 15) is 19.2 Å². The van der Waals surface area contributed by atoms with Crippen LogP contribution in [0.5, 0.6) is 0 Å². The summed E-state index contributed by atoms with van der Waals surface area (Å²) < 4.78 is 5.25. The summed E-state index contributed by atoms with van der Waals surface area (Å²) in [5.74, 6) is -1.56. The van der Waals surface area contributed by atoms with Crippen LogP contribution in [0.2, 0.25) is 0 Å². The number of hydrogen-bond acceptors (Lipinski definition) is 5. The molecule has 160 valence electrons. The third-order valence-corrected chi connectivity index (χ3v) is 5.91. The molecule has 0 radical (unpaired) electrons. The quantitative estimate of drug-likeness (QED) is 0.573. The van der Waals surface area contributed by atoms with E-state index in [2.05, 4.69) is 5.32 Å². The van der Waals surface area contributed by atoms with E-state index < -0.39 is 11.9 Å². The van der Waals surface area contributed by atoms with Gasteiger partial charge >= 0.3 is 5.97 Å². The molecule has 0 bridgehead atoms. The molecular formula is C24H24N2O5. The topological polar surface area (TPSA) is 92.8 Å². The van der Waals surface area contributed by atoms with Crippen LogP contribution in [0.1, 0.15) is 47.3 Å². The highest BCUT2D eigenvalue weighted by Crippen LogP contribution is 2.29. The van der Waals surface area contributed by atoms with Gasteiger partial charge in [0, 0.05) is 30.6 Å². The second-order valence-corrected chi connectivity index (χ2v) is 7.98. The number of likely N-dealkylation sites (tertiary alicyclic amines) is 1. The summed E-state index contributed by atoms with van der Waals surface area (Å²) in [4.78, 5) is 50.6. The first-order valence-corrected chi connectivity index (χ1v) is 10.4. The Morgan fingerprint density at radius 3 is 2.68 bits per heavy atom. The van der Waals surface area contributed by atoms with E-state index in [-0.39, 0.29) is 43.2 Å². The molecule has 4 rings (SSSR count). The minimum atomic E-state index is -0.579. The molecule has 1 fully saturated rings. The zero-order valence-corrected chi connectivity index (χ0v) is 17.3. The highest BCUT2D eigenvalue weighted by atomic mass is 16.5. The largest absolute Gasteiger partial charge is 0.457 e. The highest BCUT2D eigenvalue weighted by molar-refractivity contribution is 6.00. The van der Waals surface area contributed by atoms with Gasteiger partial charge in [0.05, 0.1) is 12.0 Å². The minimum absolute atomic E-state index is 0.0396. The summed E-state index contributed by atoms with van der Waals surface area (Å²) in [6, 6.07) is 14.5. The van der Waals surface area contributed by atoms with E-state index >= 15 is 0 Å². The molecule has 2 heterocycles. The maximum absolute atomic E-state index is 12.5. The number of anilines is 1. The number of nitrogens with one attached hydrogen (secondary N) is 1. The molecule has 2 amide bonds. The molecule has 2 atom stereocenters. The summed E-state index contributed by atoms with van der Waals surface area (Å²) >= 11 is 0. The van der Waals surface area contributed by atoms with Crippen LogP contribution in [0.3, 0.4) is 0 Å². The van der Waals surface area contributed by atoms with E-state index in [4.69, 9.17) is 4.74 Å². The van der Waals surface area contributed by atoms with Crippen molar-refractivity contribution in [3.8, 4) is 0 Å². The van der Waals surface area contributed by atoms with Crippen LogP contribution in [0.25, 0.3) is 0 Å². The maximum Gasteiger partial charge on any atom is 0.311 e. The summed E-state index contributed by atoms with van der Waals surface area (Å²) in [6.07, 6.45) is 1.04. The number of carbonyl (C=O) groups is 4. The van der Waals surface area contributed by atoms with E-state index in [0.717, 1.165) is 11.1 Å². The lowest BCUT2D eigenvalue weighted by Crippen LogP contribution is -2.30. The molecule has 1 N–H and O–H groups in total. The van der Waals surface area contributed by atoms with Gasteiger partial charge in [0.1, 0.15) is 0 Å². The highest BCUT2D eigenvalue weighted by Gasteiger charge is 2.38. The van der Waals surface area contributed by atoms with Crippen LogP contribution in [0, 0.1) is 5.92 Å². The summed E-state index contributed by atoms with van der Waals surface area (Å²) in [6.45, 7) is 1.84. The molecule has 0 unspecified atom stereocenters. The molecule has 31 heavy (non-hydrogen) atoms. The van der Waals surface area contributed by atoms with Crippen LogP contribution in [0.15, 0.2) is 48.5 Å². The van der Waals surface area contributed by atoms with Gasteiger partial charge in [-0.15, -0.1) is 0 Å². The molecular weight excluding hydrogens is 396 g/mol. The second-order valence-electron chi connectivity index (χ2n) is 7.98. The molecule has 2 aliphatic rings. The van der Waals surface area contributed by atoms with Gasteiger partial charge < -0.3 is 15.0 Å². The van der Waals surface area contributed by atoms with Crippen LogP contribution < -0.4 is 5.32 Å². The maximum atomic E-state index is 12.5. The Hall–Kier alpha value is -3.48. The average Bonchev–Trinajstić information content (AvgIpc) is 3.18. The van der Waals surface area contributed by atoms with Gasteiger partial charge in [-0.25, -0.2) is 0 Å². The first-order valence-electron chi connectivity index (χ1n) is 10.4. The number of ketones is 1. The van der Waals surface area contributed by atoms with Crippen molar-refractivity contribution in [2.45, 2.75) is 32.2 Å². The zero-order chi connectivity index (χ0) is 22.0. The van der Waals surface area contributed by atoms with Crippen molar-refractivity contribution in [2.24, 2.45) is 5.92 Å². The second kappa shape index (κ2) is 8.71. The fourth-order valence-electron chi connectivity index (χ4n) is 4.07. The number of rotatable bonds is 6. The summed E-state index contributed by atoms with van der Waals surface area (Å²) in [5, 5.41) is 2.77. The number of Topliss-reactive ketones (excluding diaryl/α,β-unsaturated/α-hetero) is 1. The van der Waals surface area contributed by atoms with Crippen molar-refractivity contribution in [1.29, 1.82) is 0 Å². The lowest BCUT2D eigenvalue weighted by Gasteiger charge is -2.25. The van der Waals surface area contributed by atoms with Crippen LogP contribution in [-0.2, 0) is 25.5 Å². The molecule has 1 saturated heterocycles. The van der Waals surface area contributed by atoms with Gasteiger partial charge in [-0.05, 0) is 42.7 Å². The lowest BCUT2D eigenvalue weighted by atomic mass is 9.99. The number of amides is 2. The number of hydrogen-bond donors (Lipinski definition) is 1. The SMILES string of the molecule is C[C@H](c1ccccc1)N1C[C@H](C(=O)OCC(=O)c2ccc3c(c2)CCC(=O)N3)CC1=O. The fraction of sp³-hybridized carbons (Fsp3) is 0.333. The van der Waals surface area contributed by atoms with Crippen LogP contribution in [-0.4, -0.2) is 41.6 Å². The summed E-state index contributed by atoms with van der Waals surface area (Å²) in [7, 11) is 0. The Balaban J connectivity index is 1.33. The van der Waals surface area contributed by atoms with Crippen LogP contribution in [0.4, 0.5) is 5.69 Å². The van der Waals surface area contributed by atoms with Gasteiger partial charge in [-0.3, -0.25) is 19.2 Å². The fourth-order valence-corrected chi connectivity index (χ4v) is 4.07. The molecule has 0 aromatic heterocycles. The summed E-state index contributed by atoms with van der Waals surface area (Å²) in [5.41, 5.74) is 3.04. The van der Waals surface area contributed by atoms with Gasteiger partial charge in [0.2, 0.25) is 11.8 Å². The third-order valence-electron chi connectivity index (χ3n) is 5.91. The Kier molecular flexibility index (Phi) is 5.84. The number of esters is 1. The zero-order valence-electron chi connectivity index (χ0n) is 17.3. The van der Waals surface area contributed by atoms with E-state index in [1.165, 1.54) is 0 Å². The molecule has 0 saturated carbocycles. The molecule has 2 aromatic carbocycles. The first kappa shape index (κ1) is 20.8. The Morgan fingerprint density at radius 2 is 1.90 bits per heavy atom. The monoisotopic (exact) mass is 420 g/mol. The minimum Gasteiger partial charge on any atom is -0.457 e. The molecule has 7 nitrogen and oxygen atoms in total. The number of ether oxygens (including phenoxy) is 1. The predicted molar refractivity (Wildman–Crippen MR) is 113 cm³/mol. The molecule has 0 aliphatic carbocycles. The van der Waals surface area contributed by atoms with Gasteiger partial charge in [0.15, 0.2) is 12.4 Å². The van der Waals surface area contributed by atoms with Crippen molar-refractivity contribution in [2.75, 3.05) is 18.5 Å². The van der Waals surface area contributed by atoms with Crippen LogP contribution >= 0.6 is 0 Å². The van der Waals surface area contributed by atoms with E-state index in [1.54, 1.807) is 23.1 Å².